The van der Waals surface area contributed by atoms with Gasteiger partial charge in [0, 0.05) is 30.7 Å². The van der Waals surface area contributed by atoms with E-state index in [0.717, 1.165) is 37.4 Å². The third kappa shape index (κ3) is 5.73. The molecule has 0 saturated carbocycles. The molecule has 1 atom stereocenters. The molecule has 0 aromatic heterocycles. The van der Waals surface area contributed by atoms with Crippen molar-refractivity contribution in [3.8, 4) is 0 Å². The van der Waals surface area contributed by atoms with Gasteiger partial charge in [0.2, 0.25) is 10.0 Å². The van der Waals surface area contributed by atoms with Crippen molar-refractivity contribution in [3.05, 3.63) is 34.9 Å². The maximum atomic E-state index is 11.6. The number of rotatable bonds is 7. The zero-order valence-corrected chi connectivity index (χ0v) is 16.5. The molecule has 1 aliphatic heterocycles. The number of halogens is 1. The van der Waals surface area contributed by atoms with Gasteiger partial charge in [-0.1, -0.05) is 30.7 Å². The monoisotopic (exact) mass is 372 g/mol. The van der Waals surface area contributed by atoms with E-state index in [9.17, 15) is 8.42 Å². The third-order valence-electron chi connectivity index (χ3n) is 4.98. The van der Waals surface area contributed by atoms with Gasteiger partial charge in [-0.25, -0.2) is 12.7 Å². The first-order chi connectivity index (χ1) is 11.3. The molecule has 1 fully saturated rings. The number of nitrogens with zero attached hydrogens (tertiary/aromatic N) is 2. The van der Waals surface area contributed by atoms with Gasteiger partial charge in [0.25, 0.3) is 0 Å². The van der Waals surface area contributed by atoms with Crippen molar-refractivity contribution in [2.75, 3.05) is 32.4 Å². The summed E-state index contributed by atoms with van der Waals surface area (Å²) in [7, 11) is -3.04. The zero-order valence-electron chi connectivity index (χ0n) is 14.9. The zero-order chi connectivity index (χ0) is 17.7. The van der Waals surface area contributed by atoms with Crippen LogP contribution in [0.4, 0.5) is 0 Å². The smallest absolute Gasteiger partial charge is 0.211 e. The van der Waals surface area contributed by atoms with Gasteiger partial charge in [0.1, 0.15) is 0 Å². The van der Waals surface area contributed by atoms with Gasteiger partial charge in [-0.15, -0.1) is 0 Å². The Morgan fingerprint density at radius 2 is 2.00 bits per heavy atom. The molecule has 0 N–H and O–H groups in total. The summed E-state index contributed by atoms with van der Waals surface area (Å²) in [6.45, 7) is 7.81. The Balaban J connectivity index is 1.88. The van der Waals surface area contributed by atoms with Crippen LogP contribution in [0.15, 0.2) is 24.3 Å². The van der Waals surface area contributed by atoms with E-state index in [2.05, 4.69) is 24.8 Å². The van der Waals surface area contributed by atoms with Crippen LogP contribution in [0.25, 0.3) is 0 Å². The molecule has 1 saturated heterocycles. The van der Waals surface area contributed by atoms with Gasteiger partial charge in [-0.05, 0) is 56.3 Å². The molecular weight excluding hydrogens is 344 g/mol. The van der Waals surface area contributed by atoms with Crippen LogP contribution in [0.2, 0.25) is 5.02 Å². The number of sulfonamides is 1. The molecule has 1 aliphatic rings. The minimum atomic E-state index is -3.04. The highest BCUT2D eigenvalue weighted by Crippen LogP contribution is 2.22. The van der Waals surface area contributed by atoms with Crippen molar-refractivity contribution >= 4 is 21.6 Å². The van der Waals surface area contributed by atoms with Gasteiger partial charge >= 0.3 is 0 Å². The lowest BCUT2D eigenvalue weighted by molar-refractivity contribution is 0.152. The third-order valence-corrected chi connectivity index (χ3v) is 6.52. The number of hydrogen-bond acceptors (Lipinski definition) is 3. The van der Waals surface area contributed by atoms with Gasteiger partial charge < -0.3 is 4.90 Å². The predicted molar refractivity (Wildman–Crippen MR) is 101 cm³/mol. The lowest BCUT2D eigenvalue weighted by atomic mass is 9.96. The second-order valence-electron chi connectivity index (χ2n) is 6.88. The van der Waals surface area contributed by atoms with Crippen molar-refractivity contribution in [1.82, 2.24) is 9.21 Å². The second-order valence-corrected chi connectivity index (χ2v) is 9.29. The Hall–Kier alpha value is -0.620. The predicted octanol–water partition coefficient (Wildman–Crippen LogP) is 3.26. The fourth-order valence-electron chi connectivity index (χ4n) is 3.51. The first-order valence-electron chi connectivity index (χ1n) is 8.73. The molecule has 0 aliphatic carbocycles. The molecule has 0 radical (unpaired) electrons. The van der Waals surface area contributed by atoms with Crippen LogP contribution in [-0.2, 0) is 16.4 Å². The van der Waals surface area contributed by atoms with Crippen molar-refractivity contribution in [1.29, 1.82) is 0 Å². The average Bonchev–Trinajstić information content (AvgIpc) is 2.52. The summed E-state index contributed by atoms with van der Waals surface area (Å²) in [5.74, 6) is 0.574. The Morgan fingerprint density at radius 1 is 1.33 bits per heavy atom. The van der Waals surface area contributed by atoms with Crippen molar-refractivity contribution < 1.29 is 8.42 Å². The summed E-state index contributed by atoms with van der Waals surface area (Å²) in [6.07, 6.45) is 4.19. The lowest BCUT2D eigenvalue weighted by Gasteiger charge is -2.36. The van der Waals surface area contributed by atoms with Gasteiger partial charge in [-0.3, -0.25) is 0 Å². The van der Waals surface area contributed by atoms with Crippen LogP contribution in [0, 0.1) is 5.92 Å². The van der Waals surface area contributed by atoms with E-state index in [0.29, 0.717) is 25.0 Å². The van der Waals surface area contributed by atoms with E-state index < -0.39 is 10.0 Å². The Morgan fingerprint density at radius 3 is 2.54 bits per heavy atom. The number of hydrogen-bond donors (Lipinski definition) is 0. The first-order valence-corrected chi connectivity index (χ1v) is 11.0. The highest BCUT2D eigenvalue weighted by atomic mass is 35.5. The van der Waals surface area contributed by atoms with E-state index in [4.69, 9.17) is 11.6 Å². The Kier molecular flexibility index (Phi) is 7.10. The molecule has 24 heavy (non-hydrogen) atoms. The SMILES string of the molecule is CCN(CC1CCN(S(C)(=O)=O)CC1)C(C)Cc1cccc(Cl)c1. The standard InChI is InChI=1S/C18H29ClN2O2S/c1-4-20(15(2)12-17-6-5-7-18(19)13-17)14-16-8-10-21(11-9-16)24(3,22)23/h5-7,13,15-16H,4,8-12,14H2,1-3H3. The van der Waals surface area contributed by atoms with E-state index in [-0.39, 0.29) is 0 Å². The molecule has 1 unspecified atom stereocenters. The number of benzene rings is 1. The summed E-state index contributed by atoms with van der Waals surface area (Å²) in [4.78, 5) is 2.50. The van der Waals surface area contributed by atoms with Crippen molar-refractivity contribution in [3.63, 3.8) is 0 Å². The lowest BCUT2D eigenvalue weighted by Crippen LogP contribution is -2.43. The summed E-state index contributed by atoms with van der Waals surface area (Å²) in [5, 5.41) is 0.788. The van der Waals surface area contributed by atoms with Crippen molar-refractivity contribution in [2.24, 2.45) is 5.92 Å². The highest BCUT2D eigenvalue weighted by molar-refractivity contribution is 7.88. The molecule has 4 nitrogen and oxygen atoms in total. The summed E-state index contributed by atoms with van der Waals surface area (Å²) in [5.41, 5.74) is 1.26. The normalized spacial score (nSPS) is 18.9. The van der Waals surface area contributed by atoms with E-state index in [1.54, 1.807) is 4.31 Å². The molecule has 136 valence electrons. The molecular formula is C18H29ClN2O2S. The van der Waals surface area contributed by atoms with Crippen LogP contribution in [0.3, 0.4) is 0 Å². The molecule has 2 rings (SSSR count). The maximum absolute atomic E-state index is 11.6. The van der Waals surface area contributed by atoms with Gasteiger partial charge in [0.05, 0.1) is 6.26 Å². The quantitative estimate of drug-likeness (QED) is 0.737. The largest absolute Gasteiger partial charge is 0.300 e. The summed E-state index contributed by atoms with van der Waals surface area (Å²) in [6, 6.07) is 8.52. The van der Waals surface area contributed by atoms with E-state index in [1.165, 1.54) is 11.8 Å². The molecule has 0 bridgehead atoms. The second kappa shape index (κ2) is 8.65. The number of likely N-dealkylation sites (N-methyl/N-ethyl adjacent to an activating group) is 1. The minimum Gasteiger partial charge on any atom is -0.300 e. The molecule has 0 amide bonds. The fraction of sp³-hybridized carbons (Fsp3) is 0.667. The fourth-order valence-corrected chi connectivity index (χ4v) is 4.60. The highest BCUT2D eigenvalue weighted by Gasteiger charge is 2.26. The van der Waals surface area contributed by atoms with Crippen LogP contribution in [-0.4, -0.2) is 56.1 Å². The van der Waals surface area contributed by atoms with Crippen LogP contribution < -0.4 is 0 Å². The first kappa shape index (κ1) is 19.7. The molecule has 0 spiro atoms. The molecule has 1 aromatic carbocycles. The van der Waals surface area contributed by atoms with Gasteiger partial charge in [-0.2, -0.15) is 0 Å². The molecule has 1 aromatic rings. The van der Waals surface area contributed by atoms with Crippen molar-refractivity contribution in [2.45, 2.75) is 39.2 Å². The Labute approximate surface area is 151 Å². The average molecular weight is 373 g/mol. The minimum absolute atomic E-state index is 0.446. The van der Waals surface area contributed by atoms with Crippen LogP contribution in [0.5, 0.6) is 0 Å². The number of piperidine rings is 1. The molecule has 1 heterocycles. The summed E-state index contributed by atoms with van der Waals surface area (Å²) < 4.78 is 24.8. The summed E-state index contributed by atoms with van der Waals surface area (Å²) >= 11 is 6.08. The maximum Gasteiger partial charge on any atom is 0.211 e. The van der Waals surface area contributed by atoms with E-state index in [1.807, 2.05) is 18.2 Å². The van der Waals surface area contributed by atoms with Crippen LogP contribution >= 0.6 is 11.6 Å². The molecule has 6 heteroatoms. The van der Waals surface area contributed by atoms with E-state index >= 15 is 0 Å². The Bertz CT molecular complexity index is 628. The van der Waals surface area contributed by atoms with Crippen LogP contribution in [0.1, 0.15) is 32.3 Å². The topological polar surface area (TPSA) is 40.6 Å². The van der Waals surface area contributed by atoms with Gasteiger partial charge in [0.15, 0.2) is 0 Å².